The average Bonchev–Trinajstić information content (AvgIpc) is 2.88. The van der Waals surface area contributed by atoms with Crippen LogP contribution in [0.5, 0.6) is 0 Å². The Morgan fingerprint density at radius 3 is 2.52 bits per heavy atom. The minimum Gasteiger partial charge on any atom is -0.422 e. The van der Waals surface area contributed by atoms with E-state index in [1.165, 1.54) is 12.6 Å². The quantitative estimate of drug-likeness (QED) is 0.463. The van der Waals surface area contributed by atoms with E-state index < -0.39 is 5.69 Å². The van der Waals surface area contributed by atoms with Gasteiger partial charge in [-0.05, 0) is 66.8 Å². The van der Waals surface area contributed by atoms with Gasteiger partial charge in [0.15, 0.2) is 5.65 Å². The van der Waals surface area contributed by atoms with Crippen molar-refractivity contribution < 1.29 is 10.0 Å². The van der Waals surface area contributed by atoms with Crippen molar-refractivity contribution >= 4 is 28.4 Å². The molecule has 2 aromatic carbocycles. The Balaban J connectivity index is 1.39. The molecule has 5 rings (SSSR count). The van der Waals surface area contributed by atoms with E-state index in [2.05, 4.69) is 15.3 Å². The molecule has 0 radical (unpaired) electrons. The van der Waals surface area contributed by atoms with Crippen LogP contribution in [0.15, 0.2) is 71.7 Å². The fraction of sp³-hybridized carbons (Fsp3) is 0.200. The number of hydrogen-bond acceptors (Lipinski definition) is 6. The number of nitrogens with zero attached hydrogens (tertiary/aromatic N) is 4. The molecule has 33 heavy (non-hydrogen) atoms. The second-order valence-electron chi connectivity index (χ2n) is 8.07. The molecule has 3 heterocycles. The fourth-order valence-electron chi connectivity index (χ4n) is 4.13. The van der Waals surface area contributed by atoms with E-state index >= 15 is 0 Å². The smallest absolute Gasteiger partial charge is 0.384 e. The first-order valence-corrected chi connectivity index (χ1v) is 10.9. The maximum atomic E-state index is 12.9. The Hall–Kier alpha value is -4.20. The molecule has 166 valence electrons. The van der Waals surface area contributed by atoms with Gasteiger partial charge in [0, 0.05) is 30.5 Å². The summed E-state index contributed by atoms with van der Waals surface area (Å²) in [5, 5.41) is 13.5. The van der Waals surface area contributed by atoms with E-state index in [0.717, 1.165) is 42.7 Å². The number of carbonyl (C=O) groups is 1. The van der Waals surface area contributed by atoms with Crippen LogP contribution in [-0.4, -0.2) is 43.8 Å². The van der Waals surface area contributed by atoms with E-state index in [9.17, 15) is 14.8 Å². The summed E-state index contributed by atoms with van der Waals surface area (Å²) in [5.74, 6) is 0.398. The summed E-state index contributed by atoms with van der Waals surface area (Å²) < 4.78 is 0.432. The predicted octanol–water partition coefficient (Wildman–Crippen LogP) is 4.07. The van der Waals surface area contributed by atoms with Crippen molar-refractivity contribution in [1.29, 1.82) is 0 Å². The number of rotatable bonds is 4. The van der Waals surface area contributed by atoms with Crippen molar-refractivity contribution in [1.82, 2.24) is 19.6 Å². The number of benzene rings is 2. The lowest BCUT2D eigenvalue weighted by Crippen LogP contribution is -2.35. The van der Waals surface area contributed by atoms with Gasteiger partial charge in [0.1, 0.15) is 5.82 Å². The molecule has 0 saturated carbocycles. The van der Waals surface area contributed by atoms with E-state index in [1.807, 2.05) is 53.4 Å². The Bertz CT molecular complexity index is 1380. The molecule has 1 aliphatic rings. The molecule has 8 heteroatoms. The van der Waals surface area contributed by atoms with Gasteiger partial charge >= 0.3 is 5.69 Å². The second kappa shape index (κ2) is 8.74. The van der Waals surface area contributed by atoms with Gasteiger partial charge < -0.3 is 15.4 Å². The Kier molecular flexibility index (Phi) is 5.48. The zero-order valence-corrected chi connectivity index (χ0v) is 17.9. The summed E-state index contributed by atoms with van der Waals surface area (Å²) in [6, 6.07) is 18.8. The molecule has 1 aliphatic heterocycles. The number of pyridine rings is 1. The van der Waals surface area contributed by atoms with Gasteiger partial charge in [-0.15, -0.1) is 4.73 Å². The number of likely N-dealkylation sites (tertiary alicyclic amines) is 1. The van der Waals surface area contributed by atoms with Gasteiger partial charge in [-0.3, -0.25) is 4.79 Å². The van der Waals surface area contributed by atoms with E-state index in [4.69, 9.17) is 0 Å². The van der Waals surface area contributed by atoms with Crippen LogP contribution in [0.4, 0.5) is 11.5 Å². The third kappa shape index (κ3) is 4.15. The zero-order chi connectivity index (χ0) is 22.8. The number of hydrogen-bond donors (Lipinski definition) is 2. The van der Waals surface area contributed by atoms with Crippen molar-refractivity contribution in [3.05, 3.63) is 82.9 Å². The Labute approximate surface area is 190 Å². The highest BCUT2D eigenvalue weighted by atomic mass is 16.5. The summed E-state index contributed by atoms with van der Waals surface area (Å²) >= 11 is 0. The van der Waals surface area contributed by atoms with E-state index in [0.29, 0.717) is 21.5 Å². The minimum atomic E-state index is -0.810. The van der Waals surface area contributed by atoms with Crippen molar-refractivity contribution in [3.8, 4) is 11.1 Å². The number of nitrogens with one attached hydrogen (secondary N) is 1. The Morgan fingerprint density at radius 1 is 0.939 bits per heavy atom. The molecular weight excluding hydrogens is 418 g/mol. The summed E-state index contributed by atoms with van der Waals surface area (Å²) in [5.41, 5.74) is 2.68. The third-order valence-corrected chi connectivity index (χ3v) is 5.86. The number of carbonyl (C=O) groups excluding carboxylic acids is 1. The highest BCUT2D eigenvalue weighted by Crippen LogP contribution is 2.26. The normalized spacial score (nSPS) is 13.8. The lowest BCUT2D eigenvalue weighted by molar-refractivity contribution is 0.0724. The van der Waals surface area contributed by atoms with Crippen LogP contribution < -0.4 is 11.0 Å². The Morgan fingerprint density at radius 2 is 1.73 bits per heavy atom. The molecule has 1 fully saturated rings. The summed E-state index contributed by atoms with van der Waals surface area (Å²) in [4.78, 5) is 34.7. The molecule has 1 saturated heterocycles. The number of fused-ring (bicyclic) bond motifs is 1. The van der Waals surface area contributed by atoms with Crippen LogP contribution in [0.1, 0.15) is 29.6 Å². The SMILES string of the molecule is O=C(c1cccc(-c2ccc(Nc3nc(=O)n(O)c4ncccc34)cc2)c1)N1CCCCC1. The molecule has 0 spiro atoms. The topological polar surface area (TPSA) is 100 Å². The van der Waals surface area contributed by atoms with Crippen molar-refractivity contribution in [2.45, 2.75) is 19.3 Å². The van der Waals surface area contributed by atoms with Crippen LogP contribution in [0.2, 0.25) is 0 Å². The fourth-order valence-corrected chi connectivity index (χ4v) is 4.13. The van der Waals surface area contributed by atoms with Gasteiger partial charge in [-0.25, -0.2) is 9.78 Å². The second-order valence-corrected chi connectivity index (χ2v) is 8.07. The molecule has 0 atom stereocenters. The molecular formula is C25H23N5O3. The van der Waals surface area contributed by atoms with Gasteiger partial charge in [0.2, 0.25) is 0 Å². The first-order valence-electron chi connectivity index (χ1n) is 10.9. The van der Waals surface area contributed by atoms with Crippen LogP contribution >= 0.6 is 0 Å². The molecule has 0 bridgehead atoms. The molecule has 1 amide bonds. The zero-order valence-electron chi connectivity index (χ0n) is 17.9. The number of aromatic nitrogens is 3. The first-order chi connectivity index (χ1) is 16.1. The maximum absolute atomic E-state index is 12.9. The lowest BCUT2D eigenvalue weighted by Gasteiger charge is -2.26. The number of piperidine rings is 1. The highest BCUT2D eigenvalue weighted by molar-refractivity contribution is 5.95. The van der Waals surface area contributed by atoms with E-state index in [1.54, 1.807) is 12.1 Å². The van der Waals surface area contributed by atoms with Gasteiger partial charge in [0.05, 0.1) is 5.39 Å². The molecule has 4 aromatic rings. The number of anilines is 2. The number of amides is 1. The minimum absolute atomic E-state index is 0.0833. The average molecular weight is 441 g/mol. The monoisotopic (exact) mass is 441 g/mol. The molecule has 0 aliphatic carbocycles. The highest BCUT2D eigenvalue weighted by Gasteiger charge is 2.18. The summed E-state index contributed by atoms with van der Waals surface area (Å²) in [7, 11) is 0. The van der Waals surface area contributed by atoms with Gasteiger partial charge in [-0.2, -0.15) is 4.98 Å². The maximum Gasteiger partial charge on any atom is 0.384 e. The molecule has 0 unspecified atom stereocenters. The van der Waals surface area contributed by atoms with Gasteiger partial charge in [0.25, 0.3) is 5.91 Å². The van der Waals surface area contributed by atoms with E-state index in [-0.39, 0.29) is 11.6 Å². The van der Waals surface area contributed by atoms with Gasteiger partial charge in [-0.1, -0.05) is 24.3 Å². The predicted molar refractivity (Wildman–Crippen MR) is 126 cm³/mol. The summed E-state index contributed by atoms with van der Waals surface area (Å²) in [6.07, 6.45) is 4.81. The molecule has 8 nitrogen and oxygen atoms in total. The van der Waals surface area contributed by atoms with Crippen molar-refractivity contribution in [2.24, 2.45) is 0 Å². The van der Waals surface area contributed by atoms with Crippen LogP contribution in [-0.2, 0) is 0 Å². The largest absolute Gasteiger partial charge is 0.422 e. The molecule has 2 N–H and O–H groups in total. The standard InChI is InChI=1S/C25H23N5O3/c31-24(29-14-2-1-3-15-29)19-7-4-6-18(16-19)17-9-11-20(12-10-17)27-22-21-8-5-13-26-23(21)30(33)25(32)28-22/h4-13,16,33H,1-3,14-15H2,(H,27,28,32). The molecule has 2 aromatic heterocycles. The third-order valence-electron chi connectivity index (χ3n) is 5.86. The van der Waals surface area contributed by atoms with Crippen LogP contribution in [0, 0.1) is 0 Å². The van der Waals surface area contributed by atoms with Crippen LogP contribution in [0.25, 0.3) is 22.2 Å². The van der Waals surface area contributed by atoms with Crippen molar-refractivity contribution in [2.75, 3.05) is 18.4 Å². The summed E-state index contributed by atoms with van der Waals surface area (Å²) in [6.45, 7) is 1.64. The van der Waals surface area contributed by atoms with Crippen molar-refractivity contribution in [3.63, 3.8) is 0 Å². The first kappa shape index (κ1) is 20.7. The lowest BCUT2D eigenvalue weighted by atomic mass is 10.0. The van der Waals surface area contributed by atoms with Crippen LogP contribution in [0.3, 0.4) is 0 Å².